The molecule has 0 spiro atoms. The van der Waals surface area contributed by atoms with Crippen LogP contribution < -0.4 is 0 Å². The summed E-state index contributed by atoms with van der Waals surface area (Å²) in [7, 11) is 0. The lowest BCUT2D eigenvalue weighted by Gasteiger charge is -2.02. The summed E-state index contributed by atoms with van der Waals surface area (Å²) >= 11 is 4.95. The van der Waals surface area contributed by atoms with Crippen LogP contribution in [0.3, 0.4) is 0 Å². The first-order valence-electron chi connectivity index (χ1n) is 7.12. The van der Waals surface area contributed by atoms with Crippen molar-refractivity contribution in [3.8, 4) is 0 Å². The maximum absolute atomic E-state index is 4.95. The minimum absolute atomic E-state index is 0.927. The van der Waals surface area contributed by atoms with Crippen molar-refractivity contribution in [3.63, 3.8) is 0 Å². The second kappa shape index (κ2) is 13.2. The molecule has 0 nitrogen and oxygen atoms in total. The molecule has 0 atom stereocenters. The molecule has 0 bridgehead atoms. The van der Waals surface area contributed by atoms with Gasteiger partial charge in [0.1, 0.15) is 0 Å². The van der Waals surface area contributed by atoms with Gasteiger partial charge in [-0.05, 0) is 24.6 Å². The van der Waals surface area contributed by atoms with Gasteiger partial charge in [-0.2, -0.15) is 0 Å². The summed E-state index contributed by atoms with van der Waals surface area (Å²) in [6.07, 6.45) is 16.4. The highest BCUT2D eigenvalue weighted by atomic mass is 32.1. The van der Waals surface area contributed by atoms with Crippen molar-refractivity contribution in [2.75, 3.05) is 0 Å². The van der Waals surface area contributed by atoms with E-state index in [4.69, 9.17) is 12.2 Å². The highest BCUT2D eigenvalue weighted by molar-refractivity contribution is 7.80. The zero-order chi connectivity index (χ0) is 12.1. The van der Waals surface area contributed by atoms with Crippen molar-refractivity contribution in [1.82, 2.24) is 0 Å². The smallest absolute Gasteiger partial charge is 0.00680 e. The summed E-state index contributed by atoms with van der Waals surface area (Å²) in [5.74, 6) is 0. The van der Waals surface area contributed by atoms with Crippen molar-refractivity contribution in [2.45, 2.75) is 84.0 Å². The predicted molar refractivity (Wildman–Crippen MR) is 79.0 cm³/mol. The molecule has 0 unspecified atom stereocenters. The summed E-state index contributed by atoms with van der Waals surface area (Å²) in [6, 6.07) is 0. The number of unbranched alkanes of at least 4 members (excludes halogenated alkanes) is 10. The second-order valence-corrected chi connectivity index (χ2v) is 5.40. The lowest BCUT2D eigenvalue weighted by molar-refractivity contribution is 0.552. The molecule has 0 saturated heterocycles. The molecule has 16 heavy (non-hydrogen) atoms. The Kier molecular flexibility index (Phi) is 13.2. The van der Waals surface area contributed by atoms with Gasteiger partial charge in [-0.15, -0.1) is 0 Å². The Hall–Kier alpha value is 0.0900. The molecule has 0 saturated carbocycles. The van der Waals surface area contributed by atoms with E-state index in [-0.39, 0.29) is 0 Å². The fraction of sp³-hybridized carbons (Fsp3) is 0.867. The van der Waals surface area contributed by atoms with Crippen LogP contribution in [0.1, 0.15) is 84.0 Å². The number of hydrogen-bond acceptors (Lipinski definition) is 1. The van der Waals surface area contributed by atoms with Crippen molar-refractivity contribution in [3.05, 3.63) is 6.92 Å². The summed E-state index contributed by atoms with van der Waals surface area (Å²) in [6.45, 7) is 6.03. The molecule has 0 aliphatic rings. The molecule has 0 heterocycles. The van der Waals surface area contributed by atoms with Crippen LogP contribution in [0.15, 0.2) is 0 Å². The molecule has 0 aliphatic carbocycles. The van der Waals surface area contributed by atoms with E-state index in [1.54, 1.807) is 0 Å². The molecule has 1 radical (unpaired) electrons. The van der Waals surface area contributed by atoms with E-state index in [1.165, 1.54) is 70.6 Å². The van der Waals surface area contributed by atoms with Crippen molar-refractivity contribution in [1.29, 1.82) is 0 Å². The Labute approximate surface area is 108 Å². The van der Waals surface area contributed by atoms with E-state index >= 15 is 0 Å². The summed E-state index contributed by atoms with van der Waals surface area (Å²) < 4.78 is 0. The summed E-state index contributed by atoms with van der Waals surface area (Å²) in [5.41, 5.74) is 0. The molecular weight excluding hydrogens is 212 g/mol. The maximum atomic E-state index is 4.95. The Morgan fingerprint density at radius 1 is 0.750 bits per heavy atom. The van der Waals surface area contributed by atoms with Gasteiger partial charge >= 0.3 is 0 Å². The van der Waals surface area contributed by atoms with Gasteiger partial charge in [0.25, 0.3) is 0 Å². The van der Waals surface area contributed by atoms with Crippen LogP contribution in [0.5, 0.6) is 0 Å². The largest absolute Gasteiger partial charge is 0.0897 e. The molecule has 0 aliphatic heterocycles. The monoisotopic (exact) mass is 241 g/mol. The molecule has 1 heteroatoms. The third-order valence-electron chi connectivity index (χ3n) is 3.06. The van der Waals surface area contributed by atoms with Gasteiger partial charge in [-0.1, -0.05) is 83.3 Å². The van der Waals surface area contributed by atoms with Crippen LogP contribution >= 0.6 is 12.2 Å². The second-order valence-electron chi connectivity index (χ2n) is 4.82. The van der Waals surface area contributed by atoms with Gasteiger partial charge in [0, 0.05) is 0 Å². The molecule has 0 fully saturated rings. The van der Waals surface area contributed by atoms with E-state index in [0.717, 1.165) is 11.3 Å². The lowest BCUT2D eigenvalue weighted by Crippen LogP contribution is -1.87. The van der Waals surface area contributed by atoms with Crippen molar-refractivity contribution < 1.29 is 0 Å². The van der Waals surface area contributed by atoms with E-state index in [1.807, 2.05) is 0 Å². The van der Waals surface area contributed by atoms with Crippen molar-refractivity contribution >= 4 is 17.1 Å². The average molecular weight is 241 g/mol. The van der Waals surface area contributed by atoms with Gasteiger partial charge in [-0.3, -0.25) is 0 Å². The quantitative estimate of drug-likeness (QED) is 0.303. The zero-order valence-electron chi connectivity index (χ0n) is 11.1. The number of rotatable bonds is 12. The van der Waals surface area contributed by atoms with E-state index in [9.17, 15) is 0 Å². The van der Waals surface area contributed by atoms with Crippen LogP contribution in [-0.4, -0.2) is 4.86 Å². The SMILES string of the molecule is [CH2]C(=S)CCCCCCCCCCCCC. The number of thiocarbonyl (C=S) groups is 1. The van der Waals surface area contributed by atoms with Crippen LogP contribution in [0.25, 0.3) is 0 Å². The molecule has 0 rings (SSSR count). The van der Waals surface area contributed by atoms with Crippen LogP contribution in [0, 0.1) is 6.92 Å². The third kappa shape index (κ3) is 14.1. The van der Waals surface area contributed by atoms with Crippen molar-refractivity contribution in [2.24, 2.45) is 0 Å². The highest BCUT2D eigenvalue weighted by Crippen LogP contribution is 2.11. The van der Waals surface area contributed by atoms with Crippen LogP contribution in [-0.2, 0) is 0 Å². The first-order valence-corrected chi connectivity index (χ1v) is 7.53. The zero-order valence-corrected chi connectivity index (χ0v) is 11.9. The predicted octanol–water partition coefficient (Wildman–Crippen LogP) is 5.89. The van der Waals surface area contributed by atoms with Gasteiger partial charge < -0.3 is 0 Å². The minimum atomic E-state index is 0.927. The van der Waals surface area contributed by atoms with Gasteiger partial charge in [-0.25, -0.2) is 0 Å². The Balaban J connectivity index is 2.90. The van der Waals surface area contributed by atoms with E-state index in [2.05, 4.69) is 13.8 Å². The molecule has 95 valence electrons. The molecule has 0 aromatic carbocycles. The average Bonchev–Trinajstić information content (AvgIpc) is 2.25. The first-order chi connectivity index (χ1) is 7.77. The third-order valence-corrected chi connectivity index (χ3v) is 3.26. The van der Waals surface area contributed by atoms with E-state index in [0.29, 0.717) is 0 Å². The Bertz CT molecular complexity index is 152. The summed E-state index contributed by atoms with van der Waals surface area (Å²) in [4.78, 5) is 0.927. The normalized spacial score (nSPS) is 10.6. The number of hydrogen-bond donors (Lipinski definition) is 0. The fourth-order valence-corrected chi connectivity index (χ4v) is 2.13. The Morgan fingerprint density at radius 2 is 1.12 bits per heavy atom. The first kappa shape index (κ1) is 16.1. The highest BCUT2D eigenvalue weighted by Gasteiger charge is 1.93. The van der Waals surface area contributed by atoms with Gasteiger partial charge in [0.2, 0.25) is 0 Å². The van der Waals surface area contributed by atoms with Gasteiger partial charge in [0.15, 0.2) is 0 Å². The Morgan fingerprint density at radius 3 is 1.50 bits per heavy atom. The molecule has 0 aromatic heterocycles. The standard InChI is InChI=1S/C15H29S/c1-3-4-5-6-7-8-9-10-11-12-13-14-15(2)16/h2-14H2,1H3. The maximum Gasteiger partial charge on any atom is -0.00680 e. The van der Waals surface area contributed by atoms with Gasteiger partial charge in [0.05, 0.1) is 0 Å². The lowest BCUT2D eigenvalue weighted by atomic mass is 10.0. The van der Waals surface area contributed by atoms with Crippen LogP contribution in [0.4, 0.5) is 0 Å². The molecular formula is C15H29S. The minimum Gasteiger partial charge on any atom is -0.0897 e. The molecule has 0 aromatic rings. The summed E-state index contributed by atoms with van der Waals surface area (Å²) in [5, 5.41) is 0. The van der Waals surface area contributed by atoms with Crippen LogP contribution in [0.2, 0.25) is 0 Å². The topological polar surface area (TPSA) is 0 Å². The fourth-order valence-electron chi connectivity index (χ4n) is 1.99. The van der Waals surface area contributed by atoms with E-state index < -0.39 is 0 Å². The molecule has 0 amide bonds. The molecule has 0 N–H and O–H groups in total.